The minimum absolute atomic E-state index is 0.0506. The molecule has 0 radical (unpaired) electrons. The quantitative estimate of drug-likeness (QED) is 0.720. The molecule has 2 heterocycles. The van der Waals surface area contributed by atoms with Gasteiger partial charge in [-0.2, -0.15) is 0 Å². The molecule has 1 aliphatic rings. The summed E-state index contributed by atoms with van der Waals surface area (Å²) in [4.78, 5) is 28.4. The lowest BCUT2D eigenvalue weighted by Crippen LogP contribution is -2.41. The molecule has 1 aromatic carbocycles. The SMILES string of the molecule is Cc1cc(C(=O)N2CCC(Oc3ccc(C(=O)NCCN(C)C)cc3Cl)CC2)no1. The summed E-state index contributed by atoms with van der Waals surface area (Å²) < 4.78 is 11.0. The number of carbonyl (C=O) groups is 2. The zero-order chi connectivity index (χ0) is 21.7. The molecule has 9 heteroatoms. The highest BCUT2D eigenvalue weighted by atomic mass is 35.5. The molecule has 30 heavy (non-hydrogen) atoms. The largest absolute Gasteiger partial charge is 0.489 e. The first-order chi connectivity index (χ1) is 14.3. The molecule has 3 rings (SSSR count). The maximum Gasteiger partial charge on any atom is 0.276 e. The lowest BCUT2D eigenvalue weighted by molar-refractivity contribution is 0.0586. The van der Waals surface area contributed by atoms with Crippen molar-refractivity contribution in [2.75, 3.05) is 40.3 Å². The van der Waals surface area contributed by atoms with Crippen LogP contribution in [0.15, 0.2) is 28.8 Å². The number of ether oxygens (including phenoxy) is 1. The van der Waals surface area contributed by atoms with Crippen molar-refractivity contribution in [1.29, 1.82) is 0 Å². The number of nitrogens with one attached hydrogen (secondary N) is 1. The predicted octanol–water partition coefficient (Wildman–Crippen LogP) is 2.61. The molecular weight excluding hydrogens is 408 g/mol. The molecular formula is C21H27ClN4O4. The zero-order valence-electron chi connectivity index (χ0n) is 17.5. The van der Waals surface area contributed by atoms with E-state index in [9.17, 15) is 9.59 Å². The van der Waals surface area contributed by atoms with E-state index < -0.39 is 0 Å². The van der Waals surface area contributed by atoms with Crippen LogP contribution < -0.4 is 10.1 Å². The van der Waals surface area contributed by atoms with Crippen LogP contribution >= 0.6 is 11.6 Å². The van der Waals surface area contributed by atoms with Crippen LogP contribution in [-0.4, -0.2) is 73.1 Å². The Morgan fingerprint density at radius 2 is 2.03 bits per heavy atom. The fraction of sp³-hybridized carbons (Fsp3) is 0.476. The van der Waals surface area contributed by atoms with Gasteiger partial charge >= 0.3 is 0 Å². The van der Waals surface area contributed by atoms with Crippen molar-refractivity contribution in [2.24, 2.45) is 0 Å². The third kappa shape index (κ3) is 5.73. The van der Waals surface area contributed by atoms with Crippen LogP contribution in [0.2, 0.25) is 5.02 Å². The van der Waals surface area contributed by atoms with Gasteiger partial charge in [0, 0.05) is 50.7 Å². The number of likely N-dealkylation sites (N-methyl/N-ethyl adjacent to an activating group) is 1. The maximum atomic E-state index is 12.4. The van der Waals surface area contributed by atoms with Gasteiger partial charge in [-0.15, -0.1) is 0 Å². The summed E-state index contributed by atoms with van der Waals surface area (Å²) in [5.74, 6) is 0.854. The number of carbonyl (C=O) groups excluding carboxylic acids is 2. The maximum absolute atomic E-state index is 12.4. The van der Waals surface area contributed by atoms with Crippen molar-refractivity contribution < 1.29 is 18.8 Å². The third-order valence-corrected chi connectivity index (χ3v) is 5.20. The molecule has 0 aliphatic carbocycles. The van der Waals surface area contributed by atoms with Gasteiger partial charge in [0.05, 0.1) is 5.02 Å². The molecule has 0 saturated carbocycles. The van der Waals surface area contributed by atoms with Crippen LogP contribution in [0.1, 0.15) is 39.4 Å². The topological polar surface area (TPSA) is 87.9 Å². The number of piperidine rings is 1. The van der Waals surface area contributed by atoms with Gasteiger partial charge in [-0.05, 0) is 39.2 Å². The Morgan fingerprint density at radius 3 is 2.63 bits per heavy atom. The normalized spacial score (nSPS) is 14.8. The van der Waals surface area contributed by atoms with E-state index in [-0.39, 0.29) is 17.9 Å². The molecule has 0 atom stereocenters. The molecule has 0 spiro atoms. The van der Waals surface area contributed by atoms with E-state index in [2.05, 4.69) is 10.5 Å². The van der Waals surface area contributed by atoms with Crippen molar-refractivity contribution in [3.8, 4) is 5.75 Å². The fourth-order valence-electron chi connectivity index (χ4n) is 3.22. The summed E-state index contributed by atoms with van der Waals surface area (Å²) in [6.45, 7) is 4.22. The summed E-state index contributed by atoms with van der Waals surface area (Å²) in [5, 5.41) is 7.04. The summed E-state index contributed by atoms with van der Waals surface area (Å²) in [7, 11) is 3.90. The standard InChI is InChI=1S/C21H27ClN4O4/c1-14-12-18(24-30-14)21(28)26-9-6-16(7-10-26)29-19-5-4-15(13-17(19)22)20(27)23-8-11-25(2)3/h4-5,12-13,16H,6-11H2,1-3H3,(H,23,27). The second-order valence-corrected chi connectivity index (χ2v) is 8.04. The zero-order valence-corrected chi connectivity index (χ0v) is 18.2. The van der Waals surface area contributed by atoms with Gasteiger partial charge in [0.1, 0.15) is 17.6 Å². The summed E-state index contributed by atoms with van der Waals surface area (Å²) in [6.07, 6.45) is 1.32. The van der Waals surface area contributed by atoms with E-state index in [0.29, 0.717) is 60.3 Å². The molecule has 8 nitrogen and oxygen atoms in total. The van der Waals surface area contributed by atoms with Crippen LogP contribution in [0, 0.1) is 6.92 Å². The third-order valence-electron chi connectivity index (χ3n) is 4.91. The average Bonchev–Trinajstić information content (AvgIpc) is 3.15. The Labute approximate surface area is 181 Å². The van der Waals surface area contributed by atoms with Gasteiger partial charge < -0.3 is 24.4 Å². The first-order valence-corrected chi connectivity index (χ1v) is 10.3. The number of benzene rings is 1. The predicted molar refractivity (Wildman–Crippen MR) is 113 cm³/mol. The molecule has 1 saturated heterocycles. The minimum Gasteiger partial charge on any atom is -0.489 e. The first-order valence-electron chi connectivity index (χ1n) is 9.95. The number of hydrogen-bond acceptors (Lipinski definition) is 6. The van der Waals surface area contributed by atoms with Crippen LogP contribution in [0.3, 0.4) is 0 Å². The summed E-state index contributed by atoms with van der Waals surface area (Å²) >= 11 is 6.34. The first kappa shape index (κ1) is 22.1. The number of hydrogen-bond donors (Lipinski definition) is 1. The lowest BCUT2D eigenvalue weighted by atomic mass is 10.1. The average molecular weight is 435 g/mol. The van der Waals surface area contributed by atoms with Gasteiger partial charge in [-0.1, -0.05) is 16.8 Å². The molecule has 1 N–H and O–H groups in total. The van der Waals surface area contributed by atoms with Crippen LogP contribution in [0.25, 0.3) is 0 Å². The molecule has 1 aromatic heterocycles. The molecule has 0 unspecified atom stereocenters. The van der Waals surface area contributed by atoms with Crippen LogP contribution in [0.4, 0.5) is 0 Å². The minimum atomic E-state index is -0.166. The van der Waals surface area contributed by atoms with Crippen LogP contribution in [-0.2, 0) is 0 Å². The Morgan fingerprint density at radius 1 is 1.30 bits per heavy atom. The van der Waals surface area contributed by atoms with Crippen molar-refractivity contribution in [3.63, 3.8) is 0 Å². The number of aromatic nitrogens is 1. The monoisotopic (exact) mass is 434 g/mol. The molecule has 2 aromatic rings. The number of amides is 2. The van der Waals surface area contributed by atoms with E-state index in [1.807, 2.05) is 19.0 Å². The van der Waals surface area contributed by atoms with E-state index in [0.717, 1.165) is 6.54 Å². The van der Waals surface area contributed by atoms with Crippen molar-refractivity contribution >= 4 is 23.4 Å². The number of rotatable bonds is 7. The van der Waals surface area contributed by atoms with Crippen molar-refractivity contribution in [2.45, 2.75) is 25.9 Å². The second-order valence-electron chi connectivity index (χ2n) is 7.64. The number of nitrogens with zero attached hydrogens (tertiary/aromatic N) is 3. The van der Waals surface area contributed by atoms with E-state index in [1.54, 1.807) is 36.1 Å². The van der Waals surface area contributed by atoms with E-state index in [4.69, 9.17) is 20.9 Å². The molecule has 1 aliphatic heterocycles. The highest BCUT2D eigenvalue weighted by molar-refractivity contribution is 6.32. The fourth-order valence-corrected chi connectivity index (χ4v) is 3.44. The number of halogens is 1. The lowest BCUT2D eigenvalue weighted by Gasteiger charge is -2.31. The summed E-state index contributed by atoms with van der Waals surface area (Å²) in [5.41, 5.74) is 0.823. The Balaban J connectivity index is 1.51. The molecule has 1 fully saturated rings. The van der Waals surface area contributed by atoms with Crippen molar-refractivity contribution in [3.05, 3.63) is 46.3 Å². The van der Waals surface area contributed by atoms with Gasteiger partial charge in [0.15, 0.2) is 5.69 Å². The van der Waals surface area contributed by atoms with Crippen molar-refractivity contribution in [1.82, 2.24) is 20.3 Å². The molecule has 162 valence electrons. The Bertz CT molecular complexity index is 891. The smallest absolute Gasteiger partial charge is 0.276 e. The van der Waals surface area contributed by atoms with Gasteiger partial charge in [-0.25, -0.2) is 0 Å². The van der Waals surface area contributed by atoms with E-state index in [1.165, 1.54) is 0 Å². The van der Waals surface area contributed by atoms with Gasteiger partial charge in [0.25, 0.3) is 11.8 Å². The second kappa shape index (κ2) is 9.95. The highest BCUT2D eigenvalue weighted by Crippen LogP contribution is 2.28. The van der Waals surface area contributed by atoms with E-state index >= 15 is 0 Å². The number of likely N-dealkylation sites (tertiary alicyclic amines) is 1. The molecule has 2 amide bonds. The summed E-state index contributed by atoms with van der Waals surface area (Å²) in [6, 6.07) is 6.69. The van der Waals surface area contributed by atoms with Gasteiger partial charge in [0.2, 0.25) is 0 Å². The van der Waals surface area contributed by atoms with Crippen LogP contribution in [0.5, 0.6) is 5.75 Å². The Kier molecular flexibility index (Phi) is 7.33. The molecule has 0 bridgehead atoms. The Hall–Kier alpha value is -2.58. The number of aryl methyl sites for hydroxylation is 1. The van der Waals surface area contributed by atoms with Gasteiger partial charge in [-0.3, -0.25) is 9.59 Å². The highest BCUT2D eigenvalue weighted by Gasteiger charge is 2.26.